The Labute approximate surface area is 60.3 Å². The van der Waals surface area contributed by atoms with Gasteiger partial charge >= 0.3 is 0 Å². The Hall–Kier alpha value is -0.120. The molecular formula is C7H12O3. The third kappa shape index (κ3) is 2.25. The van der Waals surface area contributed by atoms with E-state index in [1.54, 1.807) is 0 Å². The maximum Gasteiger partial charge on any atom is 0.104 e. The van der Waals surface area contributed by atoms with Gasteiger partial charge in [0.15, 0.2) is 0 Å². The number of hydrogen-bond donors (Lipinski definition) is 0. The first kappa shape index (κ1) is 6.58. The minimum absolute atomic E-state index is 0.403. The van der Waals surface area contributed by atoms with Gasteiger partial charge in [-0.25, -0.2) is 0 Å². The smallest absolute Gasteiger partial charge is 0.104 e. The van der Waals surface area contributed by atoms with Crippen LogP contribution in [0.3, 0.4) is 0 Å². The fourth-order valence-corrected chi connectivity index (χ4v) is 0.829. The van der Waals surface area contributed by atoms with Crippen molar-refractivity contribution in [3.63, 3.8) is 0 Å². The van der Waals surface area contributed by atoms with Gasteiger partial charge in [0.2, 0.25) is 0 Å². The van der Waals surface area contributed by atoms with Crippen LogP contribution in [0.4, 0.5) is 0 Å². The van der Waals surface area contributed by atoms with Gasteiger partial charge in [0.25, 0.3) is 0 Å². The summed E-state index contributed by atoms with van der Waals surface area (Å²) in [6.07, 6.45) is 1.95. The molecule has 0 N–H and O–H groups in total. The molecule has 2 aliphatic rings. The largest absolute Gasteiger partial charge is 0.379 e. The van der Waals surface area contributed by atoms with Crippen molar-refractivity contribution < 1.29 is 14.2 Å². The molecule has 0 aromatic carbocycles. The van der Waals surface area contributed by atoms with Crippen LogP contribution in [0.25, 0.3) is 0 Å². The predicted octanol–water partition coefficient (Wildman–Crippen LogP) is 0.191. The lowest BCUT2D eigenvalue weighted by atomic mass is 10.3. The highest BCUT2D eigenvalue weighted by Crippen LogP contribution is 2.14. The summed E-state index contributed by atoms with van der Waals surface area (Å²) >= 11 is 0. The molecule has 3 heteroatoms. The van der Waals surface area contributed by atoms with Crippen molar-refractivity contribution in [2.45, 2.75) is 18.6 Å². The average molecular weight is 144 g/mol. The van der Waals surface area contributed by atoms with Gasteiger partial charge in [0.1, 0.15) is 6.10 Å². The molecule has 2 atom stereocenters. The summed E-state index contributed by atoms with van der Waals surface area (Å²) in [5.41, 5.74) is 0. The van der Waals surface area contributed by atoms with E-state index in [1.165, 1.54) is 0 Å². The van der Waals surface area contributed by atoms with Crippen LogP contribution in [-0.4, -0.2) is 38.6 Å². The Morgan fingerprint density at radius 1 is 1.20 bits per heavy atom. The molecule has 0 aromatic rings. The van der Waals surface area contributed by atoms with Gasteiger partial charge < -0.3 is 14.2 Å². The summed E-state index contributed by atoms with van der Waals surface area (Å²) in [5, 5.41) is 0. The van der Waals surface area contributed by atoms with E-state index in [9.17, 15) is 0 Å². The lowest BCUT2D eigenvalue weighted by Crippen LogP contribution is -2.04. The normalized spacial score (nSPS) is 36.0. The molecule has 2 rings (SSSR count). The standard InChI is InChI=1S/C7H12O3/c1(6-4-9-6)2-8-3-7-5-10-7/h6-7H,1-5H2. The number of hydrogen-bond acceptors (Lipinski definition) is 3. The minimum atomic E-state index is 0.403. The van der Waals surface area contributed by atoms with E-state index in [1.807, 2.05) is 0 Å². The highest BCUT2D eigenvalue weighted by Gasteiger charge is 2.24. The SMILES string of the molecule is C(CC1CO1)OCC1CO1. The minimum Gasteiger partial charge on any atom is -0.379 e. The highest BCUT2D eigenvalue weighted by molar-refractivity contribution is 4.70. The summed E-state index contributed by atoms with van der Waals surface area (Å²) < 4.78 is 15.3. The summed E-state index contributed by atoms with van der Waals surface area (Å²) in [5.74, 6) is 0. The monoisotopic (exact) mass is 144 g/mol. The number of rotatable bonds is 5. The second-order valence-corrected chi connectivity index (χ2v) is 2.77. The first-order valence-electron chi connectivity index (χ1n) is 3.76. The zero-order valence-corrected chi connectivity index (χ0v) is 5.91. The fraction of sp³-hybridized carbons (Fsp3) is 1.00. The van der Waals surface area contributed by atoms with E-state index < -0.39 is 0 Å². The predicted molar refractivity (Wildman–Crippen MR) is 34.9 cm³/mol. The van der Waals surface area contributed by atoms with E-state index in [4.69, 9.17) is 14.2 Å². The Morgan fingerprint density at radius 3 is 2.50 bits per heavy atom. The molecule has 0 amide bonds. The second-order valence-electron chi connectivity index (χ2n) is 2.77. The lowest BCUT2D eigenvalue weighted by Gasteiger charge is -1.97. The Balaban J connectivity index is 1.40. The molecule has 0 spiro atoms. The highest BCUT2D eigenvalue weighted by atomic mass is 16.6. The zero-order chi connectivity index (χ0) is 6.81. The molecule has 3 nitrogen and oxygen atoms in total. The van der Waals surface area contributed by atoms with E-state index >= 15 is 0 Å². The average Bonchev–Trinajstić information content (AvgIpc) is 2.77. The molecule has 2 fully saturated rings. The molecule has 0 radical (unpaired) electrons. The van der Waals surface area contributed by atoms with E-state index in [-0.39, 0.29) is 0 Å². The van der Waals surface area contributed by atoms with E-state index in [0.29, 0.717) is 12.2 Å². The molecule has 2 unspecified atom stereocenters. The zero-order valence-electron chi connectivity index (χ0n) is 5.91. The second kappa shape index (κ2) is 2.86. The summed E-state index contributed by atoms with van der Waals surface area (Å²) in [6.45, 7) is 3.42. The van der Waals surface area contributed by atoms with Gasteiger partial charge in [-0.1, -0.05) is 0 Å². The van der Waals surface area contributed by atoms with Crippen molar-refractivity contribution in [1.82, 2.24) is 0 Å². The summed E-state index contributed by atoms with van der Waals surface area (Å²) in [4.78, 5) is 0. The molecular weight excluding hydrogens is 132 g/mol. The van der Waals surface area contributed by atoms with Gasteiger partial charge in [-0.2, -0.15) is 0 Å². The summed E-state index contributed by atoms with van der Waals surface area (Å²) in [7, 11) is 0. The van der Waals surface area contributed by atoms with Crippen LogP contribution < -0.4 is 0 Å². The van der Waals surface area contributed by atoms with Gasteiger partial charge in [0.05, 0.1) is 25.9 Å². The van der Waals surface area contributed by atoms with Crippen molar-refractivity contribution in [1.29, 1.82) is 0 Å². The van der Waals surface area contributed by atoms with Crippen LogP contribution in [0.2, 0.25) is 0 Å². The van der Waals surface area contributed by atoms with Crippen molar-refractivity contribution >= 4 is 0 Å². The molecule has 0 aromatic heterocycles. The van der Waals surface area contributed by atoms with Crippen LogP contribution in [-0.2, 0) is 14.2 Å². The van der Waals surface area contributed by atoms with Gasteiger partial charge in [0, 0.05) is 6.61 Å². The maximum atomic E-state index is 5.30. The molecule has 2 aliphatic heterocycles. The quantitative estimate of drug-likeness (QED) is 0.408. The Kier molecular flexibility index (Phi) is 1.88. The Bertz CT molecular complexity index is 93.4. The number of ether oxygens (including phenoxy) is 3. The molecule has 2 heterocycles. The fourth-order valence-electron chi connectivity index (χ4n) is 0.829. The van der Waals surface area contributed by atoms with E-state index in [0.717, 1.165) is 32.8 Å². The maximum absolute atomic E-state index is 5.30. The topological polar surface area (TPSA) is 34.3 Å². The van der Waals surface area contributed by atoms with Crippen molar-refractivity contribution in [3.8, 4) is 0 Å². The third-order valence-electron chi connectivity index (χ3n) is 1.69. The van der Waals surface area contributed by atoms with Crippen LogP contribution >= 0.6 is 0 Å². The Morgan fingerprint density at radius 2 is 1.90 bits per heavy atom. The van der Waals surface area contributed by atoms with Gasteiger partial charge in [-0.15, -0.1) is 0 Å². The first-order valence-corrected chi connectivity index (χ1v) is 3.76. The van der Waals surface area contributed by atoms with Gasteiger partial charge in [-0.3, -0.25) is 0 Å². The molecule has 58 valence electrons. The van der Waals surface area contributed by atoms with Crippen LogP contribution in [0.15, 0.2) is 0 Å². The number of epoxide rings is 2. The van der Waals surface area contributed by atoms with Crippen LogP contribution in [0.5, 0.6) is 0 Å². The van der Waals surface area contributed by atoms with Crippen LogP contribution in [0, 0.1) is 0 Å². The molecule has 0 aliphatic carbocycles. The summed E-state index contributed by atoms with van der Waals surface area (Å²) in [6, 6.07) is 0. The van der Waals surface area contributed by atoms with Gasteiger partial charge in [-0.05, 0) is 6.42 Å². The van der Waals surface area contributed by atoms with Crippen molar-refractivity contribution in [3.05, 3.63) is 0 Å². The third-order valence-corrected chi connectivity index (χ3v) is 1.69. The first-order chi connectivity index (χ1) is 4.95. The molecule has 0 saturated carbocycles. The molecule has 0 bridgehead atoms. The lowest BCUT2D eigenvalue weighted by molar-refractivity contribution is 0.109. The van der Waals surface area contributed by atoms with E-state index in [2.05, 4.69) is 0 Å². The van der Waals surface area contributed by atoms with Crippen molar-refractivity contribution in [2.24, 2.45) is 0 Å². The molecule has 2 saturated heterocycles. The molecule has 10 heavy (non-hydrogen) atoms. The van der Waals surface area contributed by atoms with Crippen molar-refractivity contribution in [2.75, 3.05) is 26.4 Å². The van der Waals surface area contributed by atoms with Crippen LogP contribution in [0.1, 0.15) is 6.42 Å².